The van der Waals surface area contributed by atoms with Crippen LogP contribution in [0.3, 0.4) is 0 Å². The van der Waals surface area contributed by atoms with Gasteiger partial charge < -0.3 is 8.37 Å². The molecule has 0 aromatic heterocycles. The minimum absolute atomic E-state index is 0.459. The number of carbonyl (C=O) groups is 2. The first kappa shape index (κ1) is 6.48. The van der Waals surface area contributed by atoms with Crippen LogP contribution in [0.5, 0.6) is 0 Å². The van der Waals surface area contributed by atoms with Gasteiger partial charge >= 0.3 is 11.9 Å². The molecule has 0 atom stereocenters. The number of hydrogen-bond acceptors (Lipinski definition) is 4. The summed E-state index contributed by atoms with van der Waals surface area (Å²) in [5, 5.41) is 2.97. The number of hydrogen-bond donors (Lipinski definition) is 0. The first-order chi connectivity index (χ1) is 5.20. The maximum Gasteiger partial charge on any atom is 0.355 e. The van der Waals surface area contributed by atoms with Crippen molar-refractivity contribution in [3.8, 4) is 0 Å². The highest BCUT2D eigenvalue weighted by Gasteiger charge is 2.32. The van der Waals surface area contributed by atoms with E-state index in [-0.39, 0.29) is 0 Å². The van der Waals surface area contributed by atoms with Crippen molar-refractivity contribution in [2.24, 2.45) is 0 Å². The van der Waals surface area contributed by atoms with E-state index in [0.717, 1.165) is 0 Å². The lowest BCUT2D eigenvalue weighted by Crippen LogP contribution is -2.00. The zero-order chi connectivity index (χ0) is 7.90. The van der Waals surface area contributed by atoms with Gasteiger partial charge in [-0.25, -0.2) is 9.59 Å². The van der Waals surface area contributed by atoms with E-state index in [9.17, 15) is 9.59 Å². The molecule has 0 N–H and O–H groups in total. The van der Waals surface area contributed by atoms with Crippen LogP contribution in [-0.2, 0) is 18.0 Å². The molecule has 0 aromatic carbocycles. The molecule has 11 heavy (non-hydrogen) atoms. The molecule has 2 heterocycles. The molecule has 2 rings (SSSR count). The second kappa shape index (κ2) is 1.88. The third kappa shape index (κ3) is 0.932. The average Bonchev–Trinajstić information content (AvgIpc) is 2.44. The summed E-state index contributed by atoms with van der Waals surface area (Å²) in [5.41, 5.74) is 0. The van der Waals surface area contributed by atoms with Crippen molar-refractivity contribution in [3.63, 3.8) is 0 Å². The van der Waals surface area contributed by atoms with Crippen LogP contribution >= 0.6 is 10.6 Å². The monoisotopic (exact) mass is 172 g/mol. The summed E-state index contributed by atoms with van der Waals surface area (Å²) in [6, 6.07) is 0. The van der Waals surface area contributed by atoms with Crippen molar-refractivity contribution in [1.82, 2.24) is 0 Å². The zero-order valence-electron chi connectivity index (χ0n) is 5.35. The molecular formula is C6H4O4S. The molecule has 0 radical (unpaired) electrons. The summed E-state index contributed by atoms with van der Waals surface area (Å²) in [5.74, 6) is -0.918. The molecule has 5 heteroatoms. The van der Waals surface area contributed by atoms with E-state index >= 15 is 0 Å². The fraction of sp³-hybridized carbons (Fsp3) is 0. The third-order valence-corrected chi connectivity index (χ3v) is 3.09. The molecule has 0 bridgehead atoms. The molecule has 58 valence electrons. The van der Waals surface area contributed by atoms with E-state index in [1.54, 1.807) is 0 Å². The molecule has 4 nitrogen and oxygen atoms in total. The van der Waals surface area contributed by atoms with Gasteiger partial charge in [-0.2, -0.15) is 0 Å². The Kier molecular flexibility index (Phi) is 1.11. The van der Waals surface area contributed by atoms with Crippen LogP contribution in [0.25, 0.3) is 0 Å². The highest BCUT2D eigenvalue weighted by atomic mass is 32.3. The molecular weight excluding hydrogens is 168 g/mol. The molecule has 0 saturated heterocycles. The predicted molar refractivity (Wildman–Crippen MR) is 38.1 cm³/mol. The molecule has 0 aliphatic carbocycles. The van der Waals surface area contributed by atoms with Crippen LogP contribution in [0.2, 0.25) is 0 Å². The summed E-state index contributed by atoms with van der Waals surface area (Å²) in [6.07, 6.45) is 2.52. The molecule has 1 spiro atoms. The Morgan fingerprint density at radius 2 is 1.45 bits per heavy atom. The van der Waals surface area contributed by atoms with Gasteiger partial charge in [0.25, 0.3) is 0 Å². The van der Waals surface area contributed by atoms with Gasteiger partial charge in [0, 0.05) is 12.2 Å². The van der Waals surface area contributed by atoms with Crippen LogP contribution in [0.1, 0.15) is 0 Å². The fourth-order valence-corrected chi connectivity index (χ4v) is 2.36. The maximum absolute atomic E-state index is 10.6. The van der Waals surface area contributed by atoms with Crippen molar-refractivity contribution in [2.75, 3.05) is 0 Å². The van der Waals surface area contributed by atoms with Crippen LogP contribution in [0.4, 0.5) is 0 Å². The quantitative estimate of drug-likeness (QED) is 0.541. The molecule has 0 fully saturated rings. The minimum atomic E-state index is -2.08. The summed E-state index contributed by atoms with van der Waals surface area (Å²) in [6.45, 7) is 0. The van der Waals surface area contributed by atoms with Crippen molar-refractivity contribution in [1.29, 1.82) is 0 Å². The minimum Gasteiger partial charge on any atom is -0.332 e. The van der Waals surface area contributed by atoms with Gasteiger partial charge in [0.2, 0.25) is 0 Å². The number of rotatable bonds is 0. The Morgan fingerprint density at radius 1 is 1.00 bits per heavy atom. The largest absolute Gasteiger partial charge is 0.355 e. The van der Waals surface area contributed by atoms with Crippen molar-refractivity contribution >= 4 is 22.5 Å². The highest BCUT2D eigenvalue weighted by Crippen LogP contribution is 2.59. The van der Waals surface area contributed by atoms with Crippen molar-refractivity contribution in [3.05, 3.63) is 23.0 Å². The van der Waals surface area contributed by atoms with Crippen LogP contribution in [0, 0.1) is 0 Å². The molecule has 0 amide bonds. The van der Waals surface area contributed by atoms with E-state index < -0.39 is 22.5 Å². The molecule has 2 aliphatic rings. The van der Waals surface area contributed by atoms with Crippen LogP contribution in [-0.4, -0.2) is 11.9 Å². The van der Waals surface area contributed by atoms with Crippen LogP contribution in [0.15, 0.2) is 23.0 Å². The normalized spacial score (nSPS) is 27.3. The van der Waals surface area contributed by atoms with Gasteiger partial charge in [0.05, 0.1) is 10.8 Å². The summed E-state index contributed by atoms with van der Waals surface area (Å²) >= 11 is 0. The zero-order valence-corrected chi connectivity index (χ0v) is 6.17. The van der Waals surface area contributed by atoms with Gasteiger partial charge in [-0.15, -0.1) is 0 Å². The van der Waals surface area contributed by atoms with E-state index in [4.69, 9.17) is 8.37 Å². The SMILES string of the molecule is O=C1C=CS2(C=CC(=O)O2)O1. The topological polar surface area (TPSA) is 52.6 Å². The van der Waals surface area contributed by atoms with Gasteiger partial charge in [-0.3, -0.25) is 0 Å². The second-order valence-corrected chi connectivity index (χ2v) is 4.05. The van der Waals surface area contributed by atoms with Crippen LogP contribution < -0.4 is 0 Å². The highest BCUT2D eigenvalue weighted by molar-refractivity contribution is 8.31. The average molecular weight is 172 g/mol. The summed E-state index contributed by atoms with van der Waals surface area (Å²) < 4.78 is 9.57. The number of carbonyl (C=O) groups excluding carboxylic acids is 2. The maximum atomic E-state index is 10.6. The summed E-state index contributed by atoms with van der Waals surface area (Å²) in [7, 11) is -2.08. The lowest BCUT2D eigenvalue weighted by Gasteiger charge is -2.26. The Morgan fingerprint density at radius 3 is 1.73 bits per heavy atom. The Balaban J connectivity index is 2.29. The van der Waals surface area contributed by atoms with Gasteiger partial charge in [0.15, 0.2) is 0 Å². The summed E-state index contributed by atoms with van der Waals surface area (Å²) in [4.78, 5) is 21.2. The standard InChI is InChI=1S/C6H4O4S/c7-5-1-3-11(9-5)4-2-6(8)10-11/h1-4H. The Bertz CT molecular complexity index is 261. The van der Waals surface area contributed by atoms with Gasteiger partial charge in [-0.05, 0) is 0 Å². The molecule has 0 saturated carbocycles. The van der Waals surface area contributed by atoms with E-state index in [2.05, 4.69) is 0 Å². The van der Waals surface area contributed by atoms with Gasteiger partial charge in [0.1, 0.15) is 0 Å². The van der Waals surface area contributed by atoms with Gasteiger partial charge in [-0.1, -0.05) is 10.6 Å². The molecule has 0 unspecified atom stereocenters. The first-order valence-electron chi connectivity index (χ1n) is 2.87. The molecule has 0 aromatic rings. The fourth-order valence-electron chi connectivity index (χ4n) is 0.787. The van der Waals surface area contributed by atoms with E-state index in [0.29, 0.717) is 0 Å². The predicted octanol–water partition coefficient (Wildman–Crippen LogP) is 0.762. The third-order valence-electron chi connectivity index (χ3n) is 1.21. The van der Waals surface area contributed by atoms with E-state index in [1.807, 2.05) is 0 Å². The smallest absolute Gasteiger partial charge is 0.332 e. The lowest BCUT2D eigenvalue weighted by atomic mass is 10.7. The first-order valence-corrected chi connectivity index (χ1v) is 4.47. The Labute approximate surface area is 64.2 Å². The van der Waals surface area contributed by atoms with Crippen molar-refractivity contribution in [2.45, 2.75) is 0 Å². The lowest BCUT2D eigenvalue weighted by molar-refractivity contribution is -0.130. The van der Waals surface area contributed by atoms with E-state index in [1.165, 1.54) is 23.0 Å². The molecule has 2 aliphatic heterocycles. The Hall–Kier alpha value is -1.23. The second-order valence-electron chi connectivity index (χ2n) is 2.00. The van der Waals surface area contributed by atoms with Crippen molar-refractivity contribution < 1.29 is 18.0 Å².